The second-order valence-corrected chi connectivity index (χ2v) is 26.6. The largest absolute Gasteiger partial charge is 0.394 e. The van der Waals surface area contributed by atoms with E-state index in [1.165, 1.54) is 19.4 Å². The minimum absolute atomic E-state index is 0.0354. The standard InChI is InChI=1S/C58H86N4O16/c1-29(64)31-11-10-12-33(23-31)62-26-32(60-61-62)25-59-52(72)58-21-19-53(3,4)24-35(58)34-13-14-39-55(7)17-16-40(54(5,6)38(55)15-18-57(39,9)56(34,8)20-22-58)77-51-48(78-49-46(70)44(68)41(65)30(2)74-49)43(67)37(28-73-51)76-50-47(71)45(69)42(66)36(27-63)75-50/h10-13,23,26,30,35-51,63,65-71H,14-22,24-25,27-28H2,1-9H3,(H,59,72)/t30-,35-,36+,37-,38-,39+,40-,41-,42+,43-,44+,45-,46+,47+,48+,49-,50-,51-,55-,56+,57+,58-/m0/s1. The lowest BCUT2D eigenvalue weighted by Crippen LogP contribution is -2.66. The maximum atomic E-state index is 14.9. The van der Waals surface area contributed by atoms with Crippen molar-refractivity contribution in [2.24, 2.45) is 50.2 Å². The zero-order valence-corrected chi connectivity index (χ0v) is 46.7. The number of amides is 1. The molecule has 0 unspecified atom stereocenters. The van der Waals surface area contributed by atoms with Gasteiger partial charge in [0, 0.05) is 5.56 Å². The third-order valence-corrected chi connectivity index (χ3v) is 21.5. The number of carbonyl (C=O) groups excluding carboxylic acids is 2. The van der Waals surface area contributed by atoms with E-state index in [1.54, 1.807) is 16.8 Å². The molecular weight excluding hydrogens is 1010 g/mol. The van der Waals surface area contributed by atoms with Crippen molar-refractivity contribution in [3.63, 3.8) is 0 Å². The number of nitrogens with zero attached hydrogens (tertiary/aromatic N) is 3. The van der Waals surface area contributed by atoms with E-state index in [4.69, 9.17) is 28.4 Å². The summed E-state index contributed by atoms with van der Waals surface area (Å²) in [5.74, 6) is 0.650. The number of fused-ring (bicyclic) bond motifs is 7. The van der Waals surface area contributed by atoms with Gasteiger partial charge in [0.05, 0.1) is 49.3 Å². The molecule has 1 aromatic carbocycles. The van der Waals surface area contributed by atoms with Gasteiger partial charge in [-0.2, -0.15) is 0 Å². The predicted molar refractivity (Wildman–Crippen MR) is 279 cm³/mol. The molecule has 0 radical (unpaired) electrons. The Balaban J connectivity index is 0.869. The van der Waals surface area contributed by atoms with Crippen LogP contribution in [0.2, 0.25) is 0 Å². The maximum absolute atomic E-state index is 14.9. The van der Waals surface area contributed by atoms with Gasteiger partial charge in [0.25, 0.3) is 0 Å². The number of benzene rings is 1. The molecule has 20 heteroatoms. The summed E-state index contributed by atoms with van der Waals surface area (Å²) in [6, 6.07) is 7.25. The van der Waals surface area contributed by atoms with Gasteiger partial charge in [0.15, 0.2) is 24.7 Å². The Morgan fingerprint density at radius 3 is 2.21 bits per heavy atom. The maximum Gasteiger partial charge on any atom is 0.227 e. The fourth-order valence-corrected chi connectivity index (χ4v) is 16.5. The van der Waals surface area contributed by atoms with Gasteiger partial charge in [0.1, 0.15) is 66.7 Å². The number of nitrogens with one attached hydrogen (secondary N) is 1. The molecule has 3 aliphatic heterocycles. The summed E-state index contributed by atoms with van der Waals surface area (Å²) in [6.45, 7) is 19.0. The Kier molecular flexibility index (Phi) is 15.7. The average molecular weight is 1100 g/mol. The highest BCUT2D eigenvalue weighted by atomic mass is 16.8. The number of hydrogen-bond donors (Lipinski definition) is 9. The number of aliphatic hydroxyl groups excluding tert-OH is 8. The minimum atomic E-state index is -1.76. The molecule has 4 saturated carbocycles. The van der Waals surface area contributed by atoms with Gasteiger partial charge in [-0.3, -0.25) is 9.59 Å². The summed E-state index contributed by atoms with van der Waals surface area (Å²) in [4.78, 5) is 27.0. The minimum Gasteiger partial charge on any atom is -0.394 e. The van der Waals surface area contributed by atoms with E-state index in [-0.39, 0.29) is 58.3 Å². The molecule has 1 aromatic heterocycles. The molecule has 434 valence electrons. The van der Waals surface area contributed by atoms with Crippen LogP contribution in [0.3, 0.4) is 0 Å². The molecule has 0 bridgehead atoms. The highest BCUT2D eigenvalue weighted by Gasteiger charge is 2.70. The highest BCUT2D eigenvalue weighted by molar-refractivity contribution is 5.94. The Morgan fingerprint density at radius 2 is 1.49 bits per heavy atom. The molecule has 20 nitrogen and oxygen atoms in total. The van der Waals surface area contributed by atoms with Crippen LogP contribution in [0.15, 0.2) is 42.1 Å². The van der Waals surface area contributed by atoms with E-state index in [0.717, 1.165) is 63.5 Å². The molecule has 9 N–H and O–H groups in total. The zero-order valence-electron chi connectivity index (χ0n) is 46.7. The molecule has 78 heavy (non-hydrogen) atoms. The highest BCUT2D eigenvalue weighted by Crippen LogP contribution is 2.76. The number of Topliss-reactive ketones (excluding diaryl/α,β-unsaturated/α-hetero) is 1. The molecule has 10 rings (SSSR count). The third-order valence-electron chi connectivity index (χ3n) is 21.5. The molecule has 2 aromatic rings. The number of aromatic nitrogens is 3. The number of aliphatic hydroxyl groups is 8. The smallest absolute Gasteiger partial charge is 0.227 e. The molecule has 4 heterocycles. The van der Waals surface area contributed by atoms with Gasteiger partial charge in [-0.25, -0.2) is 4.68 Å². The average Bonchev–Trinajstić information content (AvgIpc) is 4.03. The third kappa shape index (κ3) is 9.65. The first kappa shape index (κ1) is 57.9. The summed E-state index contributed by atoms with van der Waals surface area (Å²) in [5.41, 5.74) is 2.12. The van der Waals surface area contributed by atoms with E-state index < -0.39 is 110 Å². The van der Waals surface area contributed by atoms with Crippen LogP contribution >= 0.6 is 0 Å². The topological polar surface area (TPSA) is 294 Å². The number of carbonyl (C=O) groups is 2. The number of rotatable bonds is 12. The monoisotopic (exact) mass is 1090 g/mol. The summed E-state index contributed by atoms with van der Waals surface area (Å²) in [6.07, 6.45) is -8.21. The van der Waals surface area contributed by atoms with Gasteiger partial charge in [-0.05, 0) is 135 Å². The van der Waals surface area contributed by atoms with Crippen molar-refractivity contribution in [2.75, 3.05) is 13.2 Å². The fraction of sp³-hybridized carbons (Fsp3) is 0.793. The van der Waals surface area contributed by atoms with Crippen molar-refractivity contribution in [1.82, 2.24) is 20.3 Å². The van der Waals surface area contributed by atoms with Crippen LogP contribution in [0, 0.1) is 50.2 Å². The summed E-state index contributed by atoms with van der Waals surface area (Å²) >= 11 is 0. The van der Waals surface area contributed by atoms with Crippen molar-refractivity contribution in [2.45, 2.75) is 225 Å². The number of hydrogen-bond acceptors (Lipinski definition) is 18. The summed E-state index contributed by atoms with van der Waals surface area (Å²) in [5, 5.41) is 98.0. The van der Waals surface area contributed by atoms with Crippen LogP contribution in [-0.4, -0.2) is 173 Å². The van der Waals surface area contributed by atoms with Crippen molar-refractivity contribution >= 4 is 11.7 Å². The van der Waals surface area contributed by atoms with Gasteiger partial charge in [-0.1, -0.05) is 77.5 Å². The second kappa shape index (κ2) is 21.1. The van der Waals surface area contributed by atoms with Crippen molar-refractivity contribution in [1.29, 1.82) is 0 Å². The first-order valence-electron chi connectivity index (χ1n) is 28.5. The summed E-state index contributed by atoms with van der Waals surface area (Å²) in [7, 11) is 0. The lowest BCUT2D eigenvalue weighted by atomic mass is 9.33. The lowest BCUT2D eigenvalue weighted by Gasteiger charge is -2.71. The van der Waals surface area contributed by atoms with E-state index in [0.29, 0.717) is 23.6 Å². The quantitative estimate of drug-likeness (QED) is 0.0836. The first-order valence-corrected chi connectivity index (χ1v) is 28.5. The predicted octanol–water partition coefficient (Wildman–Crippen LogP) is 3.39. The molecule has 22 atom stereocenters. The molecule has 3 saturated heterocycles. The fourth-order valence-electron chi connectivity index (χ4n) is 16.5. The van der Waals surface area contributed by atoms with Crippen molar-refractivity contribution in [3.8, 4) is 5.69 Å². The van der Waals surface area contributed by atoms with E-state index in [9.17, 15) is 50.4 Å². The van der Waals surface area contributed by atoms with E-state index in [1.807, 2.05) is 18.3 Å². The van der Waals surface area contributed by atoms with E-state index in [2.05, 4.69) is 70.2 Å². The number of ketones is 1. The molecule has 0 spiro atoms. The van der Waals surface area contributed by atoms with Crippen LogP contribution in [0.25, 0.3) is 5.69 Å². The number of allylic oxidation sites excluding steroid dienone is 2. The van der Waals surface area contributed by atoms with Crippen molar-refractivity contribution < 1.29 is 78.9 Å². The van der Waals surface area contributed by atoms with Crippen LogP contribution in [0.1, 0.15) is 143 Å². The van der Waals surface area contributed by atoms with Crippen LogP contribution < -0.4 is 5.32 Å². The normalized spacial score (nSPS) is 45.9. The molecule has 8 aliphatic rings. The van der Waals surface area contributed by atoms with Crippen LogP contribution in [0.4, 0.5) is 0 Å². The molecule has 5 aliphatic carbocycles. The molecule has 7 fully saturated rings. The molecular formula is C58H86N4O16. The Labute approximate surface area is 457 Å². The van der Waals surface area contributed by atoms with Crippen LogP contribution in [-0.2, 0) is 39.8 Å². The zero-order chi connectivity index (χ0) is 56.2. The lowest BCUT2D eigenvalue weighted by molar-refractivity contribution is -0.380. The SMILES string of the molecule is CC(=O)c1cccc(-n2cc(CNC(=O)[C@]34CCC(C)(C)C[C@H]3C3=CC[C@@H]5[C@@]6(C)CC[C@H](O[C@@H]7OC[C@H](O[C@@H]8O[C@H](CO)[C@@H](O)[C@H](O)[C@H]8O)[C@H](O)[C@H]7O[C@@H]7O[C@@H](C)[C@H](O)[C@@H](O)[C@H]7O)C(C)(C)[C@@H]6CC[C@@]5(C)[C@]3(C)CC4)nn2)c1. The Hall–Kier alpha value is -3.32. The van der Waals surface area contributed by atoms with Crippen LogP contribution in [0.5, 0.6) is 0 Å². The summed E-state index contributed by atoms with van der Waals surface area (Å²) < 4.78 is 38.7. The van der Waals surface area contributed by atoms with Gasteiger partial charge < -0.3 is 74.6 Å². The molecule has 1 amide bonds. The van der Waals surface area contributed by atoms with Gasteiger partial charge in [0.2, 0.25) is 5.91 Å². The van der Waals surface area contributed by atoms with E-state index >= 15 is 0 Å². The Morgan fingerprint density at radius 1 is 0.782 bits per heavy atom. The number of ether oxygens (including phenoxy) is 6. The van der Waals surface area contributed by atoms with Gasteiger partial charge >= 0.3 is 0 Å². The Bertz CT molecular complexity index is 2560. The first-order chi connectivity index (χ1) is 36.7. The second-order valence-electron chi connectivity index (χ2n) is 26.6. The van der Waals surface area contributed by atoms with Crippen molar-refractivity contribution in [3.05, 3.63) is 53.4 Å². The van der Waals surface area contributed by atoms with Gasteiger partial charge in [-0.15, -0.1) is 5.10 Å².